The van der Waals surface area contributed by atoms with Crippen LogP contribution in [0.4, 0.5) is 10.5 Å². The standard InChI is InChI=1S/C18H19NO2/c1-14-11-16-9-5-6-10-17(16)19(12-14)18(20)21-13-15-7-3-2-4-8-15/h2-10,14H,11-13H2,1H3/t14-/m0/s1. The minimum atomic E-state index is -0.266. The highest BCUT2D eigenvalue weighted by molar-refractivity contribution is 5.89. The number of anilines is 1. The van der Waals surface area contributed by atoms with Gasteiger partial charge in [0.05, 0.1) is 5.69 Å². The molecule has 0 aliphatic carbocycles. The fourth-order valence-electron chi connectivity index (χ4n) is 2.77. The Labute approximate surface area is 125 Å². The summed E-state index contributed by atoms with van der Waals surface area (Å²) in [6.45, 7) is 3.19. The Morgan fingerprint density at radius 3 is 2.67 bits per heavy atom. The SMILES string of the molecule is C[C@H]1Cc2ccccc2N(C(=O)OCc2ccccc2)C1. The van der Waals surface area contributed by atoms with Gasteiger partial charge in [0.15, 0.2) is 0 Å². The fraction of sp³-hybridized carbons (Fsp3) is 0.278. The number of rotatable bonds is 2. The van der Waals surface area contributed by atoms with E-state index in [1.165, 1.54) is 5.56 Å². The quantitative estimate of drug-likeness (QED) is 0.832. The van der Waals surface area contributed by atoms with Gasteiger partial charge in [-0.25, -0.2) is 4.79 Å². The van der Waals surface area contributed by atoms with E-state index in [4.69, 9.17) is 4.74 Å². The highest BCUT2D eigenvalue weighted by Gasteiger charge is 2.27. The van der Waals surface area contributed by atoms with Gasteiger partial charge in [-0.1, -0.05) is 55.5 Å². The number of hydrogen-bond acceptors (Lipinski definition) is 2. The molecule has 1 aliphatic heterocycles. The van der Waals surface area contributed by atoms with Crippen LogP contribution >= 0.6 is 0 Å². The molecule has 3 heteroatoms. The Kier molecular flexibility index (Phi) is 3.91. The molecule has 1 atom stereocenters. The van der Waals surface area contributed by atoms with Crippen molar-refractivity contribution in [3.63, 3.8) is 0 Å². The van der Waals surface area contributed by atoms with E-state index < -0.39 is 0 Å². The van der Waals surface area contributed by atoms with Gasteiger partial charge >= 0.3 is 6.09 Å². The van der Waals surface area contributed by atoms with Crippen LogP contribution in [0.2, 0.25) is 0 Å². The second-order valence-electron chi connectivity index (χ2n) is 5.59. The molecule has 108 valence electrons. The molecule has 1 amide bonds. The summed E-state index contributed by atoms with van der Waals surface area (Å²) in [6, 6.07) is 17.8. The average molecular weight is 281 g/mol. The van der Waals surface area contributed by atoms with Crippen molar-refractivity contribution in [2.24, 2.45) is 5.92 Å². The van der Waals surface area contributed by atoms with Gasteiger partial charge in [-0.05, 0) is 29.5 Å². The van der Waals surface area contributed by atoms with E-state index in [0.717, 1.165) is 17.7 Å². The zero-order chi connectivity index (χ0) is 14.7. The Balaban J connectivity index is 1.73. The molecule has 1 aliphatic rings. The van der Waals surface area contributed by atoms with Crippen molar-refractivity contribution in [1.82, 2.24) is 0 Å². The number of fused-ring (bicyclic) bond motifs is 1. The van der Waals surface area contributed by atoms with Crippen LogP contribution in [0.3, 0.4) is 0 Å². The van der Waals surface area contributed by atoms with Gasteiger partial charge in [0.25, 0.3) is 0 Å². The molecule has 0 unspecified atom stereocenters. The first-order chi connectivity index (χ1) is 10.2. The van der Waals surface area contributed by atoms with Crippen LogP contribution in [0.5, 0.6) is 0 Å². The van der Waals surface area contributed by atoms with E-state index in [1.54, 1.807) is 4.90 Å². The van der Waals surface area contributed by atoms with Crippen LogP contribution in [0.1, 0.15) is 18.1 Å². The maximum Gasteiger partial charge on any atom is 0.414 e. The molecule has 0 aromatic heterocycles. The van der Waals surface area contributed by atoms with Gasteiger partial charge in [-0.2, -0.15) is 0 Å². The van der Waals surface area contributed by atoms with Crippen LogP contribution in [0.15, 0.2) is 54.6 Å². The number of hydrogen-bond donors (Lipinski definition) is 0. The van der Waals surface area contributed by atoms with Gasteiger partial charge in [0.2, 0.25) is 0 Å². The van der Waals surface area contributed by atoms with Crippen LogP contribution in [-0.4, -0.2) is 12.6 Å². The molecule has 0 radical (unpaired) electrons. The van der Waals surface area contributed by atoms with Crippen molar-refractivity contribution in [1.29, 1.82) is 0 Å². The minimum absolute atomic E-state index is 0.266. The smallest absolute Gasteiger partial charge is 0.414 e. The van der Waals surface area contributed by atoms with E-state index in [-0.39, 0.29) is 6.09 Å². The van der Waals surface area contributed by atoms with Crippen molar-refractivity contribution < 1.29 is 9.53 Å². The first-order valence-corrected chi connectivity index (χ1v) is 7.30. The number of benzene rings is 2. The highest BCUT2D eigenvalue weighted by Crippen LogP contribution is 2.29. The van der Waals surface area contributed by atoms with Crippen molar-refractivity contribution in [3.05, 3.63) is 65.7 Å². The molecule has 2 aromatic carbocycles. The van der Waals surface area contributed by atoms with Crippen LogP contribution < -0.4 is 4.90 Å². The summed E-state index contributed by atoms with van der Waals surface area (Å²) in [6.07, 6.45) is 0.747. The highest BCUT2D eigenvalue weighted by atomic mass is 16.6. The topological polar surface area (TPSA) is 29.5 Å². The van der Waals surface area contributed by atoms with E-state index >= 15 is 0 Å². The zero-order valence-electron chi connectivity index (χ0n) is 12.2. The van der Waals surface area contributed by atoms with Crippen molar-refractivity contribution in [2.75, 3.05) is 11.4 Å². The fourth-order valence-corrected chi connectivity index (χ4v) is 2.77. The summed E-state index contributed by atoms with van der Waals surface area (Å²) in [5, 5.41) is 0. The first-order valence-electron chi connectivity index (χ1n) is 7.30. The lowest BCUT2D eigenvalue weighted by atomic mass is 9.94. The normalized spacial score (nSPS) is 17.2. The van der Waals surface area contributed by atoms with Crippen molar-refractivity contribution >= 4 is 11.8 Å². The molecule has 0 saturated heterocycles. The molecule has 0 fully saturated rings. The third-order valence-corrected chi connectivity index (χ3v) is 3.77. The van der Waals surface area contributed by atoms with E-state index in [9.17, 15) is 4.79 Å². The lowest BCUT2D eigenvalue weighted by Crippen LogP contribution is -2.39. The second kappa shape index (κ2) is 6.00. The minimum Gasteiger partial charge on any atom is -0.444 e. The van der Waals surface area contributed by atoms with Gasteiger partial charge in [-0.15, -0.1) is 0 Å². The molecule has 2 aromatic rings. The first kappa shape index (κ1) is 13.7. The number of ether oxygens (including phenoxy) is 1. The summed E-state index contributed by atoms with van der Waals surface area (Å²) in [5.41, 5.74) is 3.20. The second-order valence-corrected chi connectivity index (χ2v) is 5.59. The van der Waals surface area contributed by atoms with E-state index in [0.29, 0.717) is 19.1 Å². The maximum absolute atomic E-state index is 12.4. The summed E-state index contributed by atoms with van der Waals surface area (Å²) in [4.78, 5) is 14.1. The molecular weight excluding hydrogens is 262 g/mol. The summed E-state index contributed by atoms with van der Waals surface area (Å²) in [7, 11) is 0. The monoisotopic (exact) mass is 281 g/mol. The number of carbonyl (C=O) groups is 1. The van der Waals surface area contributed by atoms with Gasteiger partial charge in [0, 0.05) is 6.54 Å². The van der Waals surface area contributed by atoms with Crippen LogP contribution in [-0.2, 0) is 17.8 Å². The zero-order valence-corrected chi connectivity index (χ0v) is 12.2. The lowest BCUT2D eigenvalue weighted by Gasteiger charge is -2.32. The molecule has 0 spiro atoms. The number of para-hydroxylation sites is 1. The maximum atomic E-state index is 12.4. The molecule has 3 rings (SSSR count). The van der Waals surface area contributed by atoms with Gasteiger partial charge in [-0.3, -0.25) is 4.90 Å². The number of nitrogens with zero attached hydrogens (tertiary/aromatic N) is 1. The third kappa shape index (κ3) is 3.07. The summed E-state index contributed by atoms with van der Waals surface area (Å²) in [5.74, 6) is 0.448. The molecule has 0 saturated carbocycles. The van der Waals surface area contributed by atoms with Crippen LogP contribution in [0.25, 0.3) is 0 Å². The number of amides is 1. The van der Waals surface area contributed by atoms with Gasteiger partial charge < -0.3 is 4.74 Å². The van der Waals surface area contributed by atoms with E-state index in [1.807, 2.05) is 48.5 Å². The molecule has 3 nitrogen and oxygen atoms in total. The Morgan fingerprint density at radius 2 is 1.86 bits per heavy atom. The van der Waals surface area contributed by atoms with Crippen molar-refractivity contribution in [2.45, 2.75) is 20.0 Å². The van der Waals surface area contributed by atoms with Crippen molar-refractivity contribution in [3.8, 4) is 0 Å². The van der Waals surface area contributed by atoms with E-state index in [2.05, 4.69) is 13.0 Å². The Morgan fingerprint density at radius 1 is 1.14 bits per heavy atom. The lowest BCUT2D eigenvalue weighted by molar-refractivity contribution is 0.145. The predicted octanol–water partition coefficient (Wildman–Crippen LogP) is 4.02. The molecule has 0 N–H and O–H groups in total. The predicted molar refractivity (Wildman–Crippen MR) is 83.3 cm³/mol. The van der Waals surface area contributed by atoms with Gasteiger partial charge in [0.1, 0.15) is 6.61 Å². The summed E-state index contributed by atoms with van der Waals surface area (Å²) >= 11 is 0. The molecule has 0 bridgehead atoms. The molecular formula is C18H19NO2. The Hall–Kier alpha value is -2.29. The summed E-state index contributed by atoms with van der Waals surface area (Å²) < 4.78 is 5.46. The van der Waals surface area contributed by atoms with Crippen LogP contribution in [0, 0.1) is 5.92 Å². The molecule has 1 heterocycles. The average Bonchev–Trinajstić information content (AvgIpc) is 2.52. The number of carbonyl (C=O) groups excluding carboxylic acids is 1. The largest absolute Gasteiger partial charge is 0.444 e. The molecule has 21 heavy (non-hydrogen) atoms. The third-order valence-electron chi connectivity index (χ3n) is 3.77. The Bertz CT molecular complexity index is 624.